The Bertz CT molecular complexity index is 281. The number of aliphatic hydroxyl groups excluding tert-OH is 1. The number of imidazole rings is 1. The number of nitrogens with zero attached hydrogens (tertiary/aromatic N) is 2. The van der Waals surface area contributed by atoms with Gasteiger partial charge in [-0.05, 0) is 25.2 Å². The lowest BCUT2D eigenvalue weighted by atomic mass is 10.0. The van der Waals surface area contributed by atoms with Gasteiger partial charge in [-0.1, -0.05) is 13.8 Å². The van der Waals surface area contributed by atoms with E-state index in [0.29, 0.717) is 5.92 Å². The van der Waals surface area contributed by atoms with Gasteiger partial charge in [0.25, 0.3) is 0 Å². The molecule has 1 N–H and O–H groups in total. The molecule has 1 aromatic rings. The minimum atomic E-state index is -0.148. The molecule has 0 radical (unpaired) electrons. The monoisotopic (exact) mass is 210 g/mol. The van der Waals surface area contributed by atoms with E-state index < -0.39 is 0 Å². The average Bonchev–Trinajstić information content (AvgIpc) is 2.50. The van der Waals surface area contributed by atoms with Crippen LogP contribution in [0, 0.1) is 5.92 Å². The van der Waals surface area contributed by atoms with Gasteiger partial charge in [-0.2, -0.15) is 0 Å². The van der Waals surface area contributed by atoms with Gasteiger partial charge in [0.2, 0.25) is 0 Å². The summed E-state index contributed by atoms with van der Waals surface area (Å²) in [6.45, 7) is 4.28. The van der Waals surface area contributed by atoms with Crippen LogP contribution in [0.2, 0.25) is 0 Å². The molecule has 86 valence electrons. The second-order valence-corrected chi connectivity index (χ2v) is 4.63. The average molecular weight is 210 g/mol. The van der Waals surface area contributed by atoms with Crippen molar-refractivity contribution in [1.29, 1.82) is 0 Å². The fraction of sp³-hybridized carbons (Fsp3) is 0.750. The van der Waals surface area contributed by atoms with E-state index in [-0.39, 0.29) is 6.10 Å². The molecular weight excluding hydrogens is 188 g/mol. The van der Waals surface area contributed by atoms with Crippen LogP contribution in [-0.2, 0) is 13.5 Å². The van der Waals surface area contributed by atoms with Crippen LogP contribution in [-0.4, -0.2) is 20.8 Å². The van der Waals surface area contributed by atoms with Crippen molar-refractivity contribution < 1.29 is 5.11 Å². The lowest BCUT2D eigenvalue weighted by Gasteiger charge is -2.12. The number of hydrogen-bond acceptors (Lipinski definition) is 2. The highest BCUT2D eigenvalue weighted by molar-refractivity contribution is 4.90. The lowest BCUT2D eigenvalue weighted by Crippen LogP contribution is -2.10. The molecule has 1 rings (SSSR count). The normalized spacial score (nSPS) is 13.4. The Balaban J connectivity index is 2.19. The highest BCUT2D eigenvalue weighted by atomic mass is 16.3. The molecule has 1 unspecified atom stereocenters. The molecule has 1 atom stereocenters. The quantitative estimate of drug-likeness (QED) is 0.781. The van der Waals surface area contributed by atoms with Crippen LogP contribution in [0.25, 0.3) is 0 Å². The first-order valence-electron chi connectivity index (χ1n) is 5.74. The number of hydrogen-bond donors (Lipinski definition) is 1. The number of aromatic nitrogens is 2. The van der Waals surface area contributed by atoms with Gasteiger partial charge in [-0.25, -0.2) is 4.98 Å². The van der Waals surface area contributed by atoms with Gasteiger partial charge >= 0.3 is 0 Å². The molecule has 0 bridgehead atoms. The first kappa shape index (κ1) is 12.2. The van der Waals surface area contributed by atoms with Gasteiger partial charge in [0, 0.05) is 25.9 Å². The molecule has 0 amide bonds. The molecule has 15 heavy (non-hydrogen) atoms. The summed E-state index contributed by atoms with van der Waals surface area (Å²) in [4.78, 5) is 4.25. The molecule has 1 aromatic heterocycles. The Morgan fingerprint density at radius 3 is 2.73 bits per heavy atom. The van der Waals surface area contributed by atoms with Crippen LogP contribution in [0.15, 0.2) is 12.4 Å². The minimum Gasteiger partial charge on any atom is -0.393 e. The van der Waals surface area contributed by atoms with Crippen molar-refractivity contribution in [2.24, 2.45) is 13.0 Å². The highest BCUT2D eigenvalue weighted by Gasteiger charge is 2.07. The van der Waals surface area contributed by atoms with E-state index in [0.717, 1.165) is 31.5 Å². The zero-order chi connectivity index (χ0) is 11.3. The van der Waals surface area contributed by atoms with E-state index in [9.17, 15) is 5.11 Å². The molecule has 3 nitrogen and oxygen atoms in total. The second kappa shape index (κ2) is 5.91. The summed E-state index contributed by atoms with van der Waals surface area (Å²) < 4.78 is 2.04. The summed E-state index contributed by atoms with van der Waals surface area (Å²) in [5.74, 6) is 1.68. The van der Waals surface area contributed by atoms with Crippen LogP contribution in [0.1, 0.15) is 38.9 Å². The van der Waals surface area contributed by atoms with Gasteiger partial charge in [0.15, 0.2) is 0 Å². The first-order chi connectivity index (χ1) is 7.09. The van der Waals surface area contributed by atoms with Crippen molar-refractivity contribution in [3.05, 3.63) is 18.2 Å². The Labute approximate surface area is 92.1 Å². The van der Waals surface area contributed by atoms with Crippen molar-refractivity contribution in [3.8, 4) is 0 Å². The van der Waals surface area contributed by atoms with E-state index in [1.54, 1.807) is 0 Å². The van der Waals surface area contributed by atoms with Crippen LogP contribution < -0.4 is 0 Å². The first-order valence-corrected chi connectivity index (χ1v) is 5.74. The van der Waals surface area contributed by atoms with Crippen molar-refractivity contribution in [2.45, 2.75) is 45.6 Å². The molecule has 0 aliphatic carbocycles. The predicted molar refractivity (Wildman–Crippen MR) is 61.6 cm³/mol. The predicted octanol–water partition coefficient (Wildman–Crippen LogP) is 2.15. The molecule has 0 spiro atoms. The van der Waals surface area contributed by atoms with Gasteiger partial charge in [0.05, 0.1) is 6.10 Å². The maximum atomic E-state index is 9.69. The fourth-order valence-electron chi connectivity index (χ4n) is 1.80. The van der Waals surface area contributed by atoms with Gasteiger partial charge < -0.3 is 9.67 Å². The molecule has 3 heteroatoms. The summed E-state index contributed by atoms with van der Waals surface area (Å²) in [5, 5.41) is 9.69. The third kappa shape index (κ3) is 4.47. The third-order valence-corrected chi connectivity index (χ3v) is 2.60. The molecule has 0 aliphatic rings. The van der Waals surface area contributed by atoms with Crippen molar-refractivity contribution in [3.63, 3.8) is 0 Å². The Morgan fingerprint density at radius 2 is 2.20 bits per heavy atom. The largest absolute Gasteiger partial charge is 0.393 e. The zero-order valence-corrected chi connectivity index (χ0v) is 9.98. The van der Waals surface area contributed by atoms with E-state index in [1.807, 2.05) is 24.0 Å². The van der Waals surface area contributed by atoms with Gasteiger partial charge in [-0.3, -0.25) is 0 Å². The smallest absolute Gasteiger partial charge is 0.108 e. The summed E-state index contributed by atoms with van der Waals surface area (Å²) >= 11 is 0. The van der Waals surface area contributed by atoms with Crippen LogP contribution in [0.4, 0.5) is 0 Å². The highest BCUT2D eigenvalue weighted by Crippen LogP contribution is 2.11. The number of aryl methyl sites for hydroxylation is 2. The Hall–Kier alpha value is -0.830. The standard InChI is InChI=1S/C12H22N2O/c1-10(2)9-11(15)5-4-6-12-13-7-8-14(12)3/h7-8,10-11,15H,4-6,9H2,1-3H3. The Kier molecular flexibility index (Phi) is 4.82. The van der Waals surface area contributed by atoms with Crippen LogP contribution in [0.3, 0.4) is 0 Å². The second-order valence-electron chi connectivity index (χ2n) is 4.63. The fourth-order valence-corrected chi connectivity index (χ4v) is 1.80. The molecule has 0 saturated heterocycles. The van der Waals surface area contributed by atoms with E-state index in [4.69, 9.17) is 0 Å². The maximum absolute atomic E-state index is 9.69. The van der Waals surface area contributed by atoms with Crippen molar-refractivity contribution in [1.82, 2.24) is 9.55 Å². The van der Waals surface area contributed by atoms with Crippen molar-refractivity contribution in [2.75, 3.05) is 0 Å². The molecule has 1 heterocycles. The molecule has 0 aromatic carbocycles. The molecule has 0 saturated carbocycles. The summed E-state index contributed by atoms with van der Waals surface area (Å²) in [5.41, 5.74) is 0. The summed E-state index contributed by atoms with van der Waals surface area (Å²) in [6, 6.07) is 0. The van der Waals surface area contributed by atoms with Crippen LogP contribution in [0.5, 0.6) is 0 Å². The van der Waals surface area contributed by atoms with E-state index in [2.05, 4.69) is 18.8 Å². The van der Waals surface area contributed by atoms with E-state index in [1.165, 1.54) is 0 Å². The Morgan fingerprint density at radius 1 is 1.47 bits per heavy atom. The van der Waals surface area contributed by atoms with Crippen molar-refractivity contribution >= 4 is 0 Å². The minimum absolute atomic E-state index is 0.148. The topological polar surface area (TPSA) is 38.1 Å². The zero-order valence-electron chi connectivity index (χ0n) is 9.98. The SMILES string of the molecule is CC(C)CC(O)CCCc1nccn1C. The summed E-state index contributed by atoms with van der Waals surface area (Å²) in [6.07, 6.45) is 7.38. The molecule has 0 fully saturated rings. The van der Waals surface area contributed by atoms with Crippen LogP contribution >= 0.6 is 0 Å². The molecular formula is C12H22N2O. The third-order valence-electron chi connectivity index (χ3n) is 2.60. The number of rotatable bonds is 6. The summed E-state index contributed by atoms with van der Waals surface area (Å²) in [7, 11) is 2.01. The van der Waals surface area contributed by atoms with Gasteiger partial charge in [-0.15, -0.1) is 0 Å². The lowest BCUT2D eigenvalue weighted by molar-refractivity contribution is 0.137. The van der Waals surface area contributed by atoms with E-state index >= 15 is 0 Å². The molecule has 0 aliphatic heterocycles. The maximum Gasteiger partial charge on any atom is 0.108 e. The number of aliphatic hydroxyl groups is 1. The van der Waals surface area contributed by atoms with Gasteiger partial charge in [0.1, 0.15) is 5.82 Å².